The number of aromatic nitrogens is 4. The van der Waals surface area contributed by atoms with Crippen LogP contribution in [0.5, 0.6) is 0 Å². The number of aryl methyl sites for hydroxylation is 2. The van der Waals surface area contributed by atoms with Crippen molar-refractivity contribution in [3.8, 4) is 0 Å². The summed E-state index contributed by atoms with van der Waals surface area (Å²) in [5, 5.41) is 6.20. The molecule has 50 heavy (non-hydrogen) atoms. The Morgan fingerprint density at radius 1 is 0.800 bits per heavy atom. The van der Waals surface area contributed by atoms with E-state index in [0.717, 1.165) is 88.3 Å². The number of hydrogen-bond acceptors (Lipinski definition) is 11. The van der Waals surface area contributed by atoms with E-state index in [2.05, 4.69) is 47.3 Å². The second kappa shape index (κ2) is 13.8. The highest BCUT2D eigenvalue weighted by atomic mass is 35.5. The van der Waals surface area contributed by atoms with Gasteiger partial charge in [0.05, 0.1) is 28.7 Å². The lowest BCUT2D eigenvalue weighted by molar-refractivity contribution is -0.134. The highest BCUT2D eigenvalue weighted by Crippen LogP contribution is 2.42. The molecule has 2 amide bonds. The van der Waals surface area contributed by atoms with E-state index < -0.39 is 0 Å². The molecule has 3 aliphatic rings. The molecule has 2 aliphatic carbocycles. The Kier molecular flexibility index (Phi) is 9.48. The smallest absolute Gasteiger partial charge is 0.225 e. The third-order valence-electron chi connectivity index (χ3n) is 9.71. The molecule has 8 rings (SSSR count). The molecule has 0 radical (unpaired) electrons. The summed E-state index contributed by atoms with van der Waals surface area (Å²) >= 11 is 9.50. The van der Waals surface area contributed by atoms with Crippen molar-refractivity contribution in [2.45, 2.75) is 45.1 Å². The number of aliphatic imine (C=N–C) groups is 1. The van der Waals surface area contributed by atoms with Crippen LogP contribution in [0, 0.1) is 11.8 Å². The fourth-order valence-corrected chi connectivity index (χ4v) is 10.0. The summed E-state index contributed by atoms with van der Waals surface area (Å²) in [7, 11) is 11.4. The zero-order chi connectivity index (χ0) is 35.3. The number of carbonyl (C=O) groups is 2. The zero-order valence-corrected chi connectivity index (χ0v) is 31.5. The van der Waals surface area contributed by atoms with Crippen LogP contribution >= 0.6 is 34.3 Å². The molecule has 1 N–H and O–H groups in total. The standard InChI is InChI=1S/C23H26N6OS.C13H14ClN3OS/c1-28(2)18-8-15-11-24-10-14(15)7-17(18)27-21-20-16-6-5-13(23(30)29(3)4)9-19(16)31-22(20)26-12-25-21;1-17(2)13(18)7-3-4-8-9(5-7)19-12-10(8)11(14)15-6-16-12/h7-8,10,12-13H,5-6,9,11H2,1-4H3,(H,25,26,27);6-7H,3-5H2,1-2H3/t13-;7-/m00/s1. The topological polar surface area (TPSA) is 120 Å². The van der Waals surface area contributed by atoms with E-state index in [1.54, 1.807) is 38.8 Å². The first-order valence-corrected chi connectivity index (χ1v) is 18.7. The van der Waals surface area contributed by atoms with E-state index in [-0.39, 0.29) is 23.7 Å². The van der Waals surface area contributed by atoms with Crippen LogP contribution in [0.25, 0.3) is 20.4 Å². The molecule has 0 saturated heterocycles. The van der Waals surface area contributed by atoms with Crippen molar-refractivity contribution in [2.24, 2.45) is 16.8 Å². The molecule has 14 heteroatoms. The van der Waals surface area contributed by atoms with Crippen molar-refractivity contribution in [2.75, 3.05) is 52.5 Å². The number of amides is 2. The van der Waals surface area contributed by atoms with Crippen LogP contribution < -0.4 is 10.2 Å². The highest BCUT2D eigenvalue weighted by Gasteiger charge is 2.31. The Morgan fingerprint density at radius 3 is 1.98 bits per heavy atom. The van der Waals surface area contributed by atoms with E-state index in [4.69, 9.17) is 11.6 Å². The Balaban J connectivity index is 0.000000176. The van der Waals surface area contributed by atoms with Crippen LogP contribution in [0.2, 0.25) is 5.15 Å². The first-order chi connectivity index (χ1) is 24.0. The van der Waals surface area contributed by atoms with Crippen molar-refractivity contribution in [3.63, 3.8) is 0 Å². The van der Waals surface area contributed by atoms with Gasteiger partial charge in [0.2, 0.25) is 11.8 Å². The number of anilines is 3. The minimum atomic E-state index is 0.0521. The van der Waals surface area contributed by atoms with Crippen LogP contribution in [0.1, 0.15) is 44.8 Å². The van der Waals surface area contributed by atoms with Crippen LogP contribution in [0.3, 0.4) is 0 Å². The van der Waals surface area contributed by atoms with Gasteiger partial charge in [-0.1, -0.05) is 11.6 Å². The van der Waals surface area contributed by atoms with Crippen LogP contribution in [-0.2, 0) is 41.8 Å². The number of carbonyl (C=O) groups excluding carboxylic acids is 2. The average molecular weight is 730 g/mol. The number of nitrogens with one attached hydrogen (secondary N) is 1. The molecule has 0 fully saturated rings. The maximum Gasteiger partial charge on any atom is 0.225 e. The van der Waals surface area contributed by atoms with Crippen LogP contribution in [-0.4, -0.2) is 90.1 Å². The Labute approximate surface area is 304 Å². The summed E-state index contributed by atoms with van der Waals surface area (Å²) in [5.74, 6) is 1.39. The predicted molar refractivity (Wildman–Crippen MR) is 204 cm³/mol. The lowest BCUT2D eigenvalue weighted by Crippen LogP contribution is -2.32. The van der Waals surface area contributed by atoms with Gasteiger partial charge in [0.1, 0.15) is 33.3 Å². The number of thiophene rings is 2. The Hall–Kier alpha value is -4.20. The van der Waals surface area contributed by atoms with E-state index in [1.165, 1.54) is 32.8 Å². The second-order valence-electron chi connectivity index (χ2n) is 13.7. The first-order valence-electron chi connectivity index (χ1n) is 16.7. The molecule has 1 aliphatic heterocycles. The maximum absolute atomic E-state index is 12.5. The largest absolute Gasteiger partial charge is 0.376 e. The molecule has 5 heterocycles. The molecule has 1 aromatic carbocycles. The molecule has 11 nitrogen and oxygen atoms in total. The van der Waals surface area contributed by atoms with Gasteiger partial charge in [-0.05, 0) is 72.9 Å². The van der Waals surface area contributed by atoms with Gasteiger partial charge in [-0.2, -0.15) is 0 Å². The number of rotatable bonds is 5. The Morgan fingerprint density at radius 2 is 1.38 bits per heavy atom. The summed E-state index contributed by atoms with van der Waals surface area (Å²) in [5.41, 5.74) is 7.04. The normalized spacial score (nSPS) is 17.4. The van der Waals surface area contributed by atoms with Gasteiger partial charge in [-0.3, -0.25) is 14.6 Å². The molecular weight excluding hydrogens is 690 g/mol. The fourth-order valence-electron chi connectivity index (χ4n) is 7.17. The summed E-state index contributed by atoms with van der Waals surface area (Å²) in [6, 6.07) is 4.35. The number of nitrogens with zero attached hydrogens (tertiary/aromatic N) is 8. The second-order valence-corrected chi connectivity index (χ2v) is 16.2. The van der Waals surface area contributed by atoms with Crippen molar-refractivity contribution in [1.29, 1.82) is 0 Å². The minimum Gasteiger partial charge on any atom is -0.376 e. The van der Waals surface area contributed by atoms with Crippen molar-refractivity contribution >= 4 is 89.9 Å². The maximum atomic E-state index is 12.5. The third kappa shape index (κ3) is 6.42. The van der Waals surface area contributed by atoms with Gasteiger partial charge in [0.15, 0.2) is 0 Å². The summed E-state index contributed by atoms with van der Waals surface area (Å²) in [6.45, 7) is 0.735. The number of hydrogen-bond donors (Lipinski definition) is 1. The van der Waals surface area contributed by atoms with Gasteiger partial charge in [0.25, 0.3) is 0 Å². The van der Waals surface area contributed by atoms with Gasteiger partial charge >= 0.3 is 0 Å². The van der Waals surface area contributed by atoms with Crippen molar-refractivity contribution in [1.82, 2.24) is 29.7 Å². The lowest BCUT2D eigenvalue weighted by atomic mass is 9.87. The molecule has 4 aromatic heterocycles. The molecule has 5 aromatic rings. The summed E-state index contributed by atoms with van der Waals surface area (Å²) in [6.07, 6.45) is 10.1. The van der Waals surface area contributed by atoms with Gasteiger partial charge < -0.3 is 20.0 Å². The van der Waals surface area contributed by atoms with Gasteiger partial charge in [-0.25, -0.2) is 19.9 Å². The molecule has 2 atom stereocenters. The zero-order valence-electron chi connectivity index (χ0n) is 29.1. The van der Waals surface area contributed by atoms with E-state index >= 15 is 0 Å². The third-order valence-corrected chi connectivity index (χ3v) is 12.3. The van der Waals surface area contributed by atoms with Crippen molar-refractivity contribution in [3.05, 3.63) is 61.9 Å². The van der Waals surface area contributed by atoms with E-state index in [9.17, 15) is 9.59 Å². The SMILES string of the molecule is CN(C)C(=O)[C@H]1CCc2c(sc3ncnc(Cl)c23)C1.CN(C)C(=O)[C@H]1CCc2c(sc3ncnc(Nc4cc5c(cc4N(C)C)CN=C5)c23)C1. The first kappa shape index (κ1) is 34.3. The number of fused-ring (bicyclic) bond motifs is 7. The Bertz CT molecular complexity index is 2160. The summed E-state index contributed by atoms with van der Waals surface area (Å²) in [4.78, 5) is 56.4. The monoisotopic (exact) mass is 729 g/mol. The number of halogens is 1. The molecule has 0 unspecified atom stereocenters. The molecular formula is C36H40ClN9O2S2. The molecule has 0 saturated carbocycles. The van der Waals surface area contributed by atoms with Gasteiger partial charge in [-0.15, -0.1) is 22.7 Å². The lowest BCUT2D eigenvalue weighted by Gasteiger charge is -2.24. The van der Waals surface area contributed by atoms with Crippen LogP contribution in [0.15, 0.2) is 29.8 Å². The fraction of sp³-hybridized carbons (Fsp3) is 0.417. The number of benzene rings is 1. The average Bonchev–Trinajstić information content (AvgIpc) is 3.82. The summed E-state index contributed by atoms with van der Waals surface area (Å²) < 4.78 is 0. The van der Waals surface area contributed by atoms with Gasteiger partial charge in [0, 0.05) is 70.1 Å². The van der Waals surface area contributed by atoms with Crippen molar-refractivity contribution < 1.29 is 9.59 Å². The molecule has 260 valence electrons. The quantitative estimate of drug-likeness (QED) is 0.214. The van der Waals surface area contributed by atoms with E-state index in [0.29, 0.717) is 5.15 Å². The highest BCUT2D eigenvalue weighted by molar-refractivity contribution is 7.19. The molecule has 0 spiro atoms. The van der Waals surface area contributed by atoms with Crippen LogP contribution in [0.4, 0.5) is 17.2 Å². The minimum absolute atomic E-state index is 0.0521. The van der Waals surface area contributed by atoms with E-state index in [1.807, 2.05) is 48.5 Å². The molecule has 0 bridgehead atoms. The predicted octanol–water partition coefficient (Wildman–Crippen LogP) is 6.16.